The molecule has 0 aliphatic rings. The number of hydrogen-bond donors (Lipinski definition) is 2. The molecule has 0 unspecified atom stereocenters. The van der Waals surface area contributed by atoms with Crippen molar-refractivity contribution in [2.75, 3.05) is 5.32 Å². The van der Waals surface area contributed by atoms with Crippen molar-refractivity contribution in [3.8, 4) is 0 Å². The summed E-state index contributed by atoms with van der Waals surface area (Å²) in [5.41, 5.74) is 0.614. The number of nitrogens with one attached hydrogen (secondary N) is 2. The number of nitrogens with zero attached hydrogens (tertiary/aromatic N) is 2. The van der Waals surface area contributed by atoms with E-state index in [1.807, 2.05) is 0 Å². The average molecular weight is 337 g/mol. The van der Waals surface area contributed by atoms with Crippen molar-refractivity contribution in [3.05, 3.63) is 14.9 Å². The molecule has 2 rings (SSSR count). The molecule has 0 aliphatic heterocycles. The molecule has 2 aromatic heterocycles. The number of anilines is 1. The van der Waals surface area contributed by atoms with Gasteiger partial charge in [0.2, 0.25) is 11.9 Å². The third-order valence-electron chi connectivity index (χ3n) is 1.73. The average Bonchev–Trinajstić information content (AvgIpc) is 2.46. The van der Waals surface area contributed by atoms with Gasteiger partial charge in [-0.1, -0.05) is 11.6 Å². The van der Waals surface area contributed by atoms with Gasteiger partial charge in [0.1, 0.15) is 10.8 Å². The first-order valence-electron chi connectivity index (χ1n) is 4.05. The van der Waals surface area contributed by atoms with Crippen LogP contribution >= 0.6 is 34.2 Å². The molecule has 2 N–H and O–H groups in total. The Bertz CT molecular complexity index is 539. The Labute approximate surface area is 104 Å². The first-order chi connectivity index (χ1) is 7.08. The number of amides is 1. The summed E-state index contributed by atoms with van der Waals surface area (Å²) in [6.07, 6.45) is 1.78. The number of H-pyrrole nitrogens is 1. The van der Waals surface area contributed by atoms with Crippen molar-refractivity contribution in [2.24, 2.45) is 0 Å². The van der Waals surface area contributed by atoms with Crippen molar-refractivity contribution in [1.82, 2.24) is 15.0 Å². The van der Waals surface area contributed by atoms with E-state index in [0.29, 0.717) is 10.8 Å². The highest BCUT2D eigenvalue weighted by molar-refractivity contribution is 14.1. The Balaban J connectivity index is 2.58. The number of aromatic amines is 1. The van der Waals surface area contributed by atoms with E-state index in [-0.39, 0.29) is 11.9 Å². The fraction of sp³-hybridized carbons (Fsp3) is 0.125. The maximum atomic E-state index is 10.8. The predicted octanol–water partition coefficient (Wildman–Crippen LogP) is 2.17. The van der Waals surface area contributed by atoms with E-state index in [9.17, 15) is 4.79 Å². The number of carbonyl (C=O) groups is 1. The summed E-state index contributed by atoms with van der Waals surface area (Å²) in [5.74, 6) is -0.0232. The lowest BCUT2D eigenvalue weighted by molar-refractivity contribution is -0.114. The lowest BCUT2D eigenvalue weighted by Crippen LogP contribution is -2.09. The molecule has 15 heavy (non-hydrogen) atoms. The second-order valence-corrected chi connectivity index (χ2v) is 4.40. The number of carbonyl (C=O) groups excluding carboxylic acids is 1. The minimum atomic E-state index is -0.230. The minimum absolute atomic E-state index is 0.207. The monoisotopic (exact) mass is 336 g/mol. The molecular weight excluding hydrogens is 330 g/mol. The second-order valence-electron chi connectivity index (χ2n) is 2.88. The van der Waals surface area contributed by atoms with Crippen LogP contribution in [0, 0.1) is 3.57 Å². The Hall–Kier alpha value is -0.890. The highest BCUT2D eigenvalue weighted by atomic mass is 127. The molecule has 1 amide bonds. The SMILES string of the molecule is CC(=O)Nc1nc(Cl)c2c(I)c[nH]c2n1. The van der Waals surface area contributed by atoms with E-state index < -0.39 is 0 Å². The molecule has 0 fully saturated rings. The number of aromatic nitrogens is 3. The molecule has 0 bridgehead atoms. The second kappa shape index (κ2) is 3.93. The van der Waals surface area contributed by atoms with E-state index in [1.54, 1.807) is 6.20 Å². The van der Waals surface area contributed by atoms with Gasteiger partial charge in [-0.2, -0.15) is 9.97 Å². The third-order valence-corrected chi connectivity index (χ3v) is 2.85. The molecular formula is C8H6ClIN4O. The molecule has 0 atom stereocenters. The normalized spacial score (nSPS) is 10.6. The highest BCUT2D eigenvalue weighted by Crippen LogP contribution is 2.26. The Morgan fingerprint density at radius 2 is 2.33 bits per heavy atom. The van der Waals surface area contributed by atoms with Crippen LogP contribution in [0.2, 0.25) is 5.15 Å². The summed E-state index contributed by atoms with van der Waals surface area (Å²) in [7, 11) is 0. The summed E-state index contributed by atoms with van der Waals surface area (Å²) < 4.78 is 0.946. The van der Waals surface area contributed by atoms with Gasteiger partial charge < -0.3 is 4.98 Å². The quantitative estimate of drug-likeness (QED) is 0.619. The topological polar surface area (TPSA) is 70.7 Å². The standard InChI is InChI=1S/C8H6ClIN4O/c1-3(15)12-8-13-6(9)5-4(10)2-11-7(5)14-8/h2H,1H3,(H2,11,12,13,14,15). The van der Waals surface area contributed by atoms with E-state index >= 15 is 0 Å². The van der Waals surface area contributed by atoms with Crippen LogP contribution in [-0.2, 0) is 4.79 Å². The van der Waals surface area contributed by atoms with E-state index in [1.165, 1.54) is 6.92 Å². The van der Waals surface area contributed by atoms with E-state index in [4.69, 9.17) is 11.6 Å². The first kappa shape index (κ1) is 10.6. The van der Waals surface area contributed by atoms with Crippen molar-refractivity contribution >= 4 is 57.1 Å². The Morgan fingerprint density at radius 3 is 3.00 bits per heavy atom. The van der Waals surface area contributed by atoms with Gasteiger partial charge in [0.05, 0.1) is 5.39 Å². The fourth-order valence-electron chi connectivity index (χ4n) is 1.17. The van der Waals surface area contributed by atoms with Crippen molar-refractivity contribution in [1.29, 1.82) is 0 Å². The van der Waals surface area contributed by atoms with Gasteiger partial charge in [-0.15, -0.1) is 0 Å². The number of hydrogen-bond acceptors (Lipinski definition) is 3. The largest absolute Gasteiger partial charge is 0.345 e. The molecule has 0 aliphatic carbocycles. The molecule has 2 heterocycles. The van der Waals surface area contributed by atoms with Crippen LogP contribution in [0.4, 0.5) is 5.95 Å². The van der Waals surface area contributed by atoms with Crippen LogP contribution < -0.4 is 5.32 Å². The predicted molar refractivity (Wildman–Crippen MR) is 65.9 cm³/mol. The van der Waals surface area contributed by atoms with Gasteiger partial charge in [-0.05, 0) is 22.6 Å². The lowest BCUT2D eigenvalue weighted by atomic mass is 10.4. The van der Waals surface area contributed by atoms with Gasteiger partial charge in [0, 0.05) is 16.7 Å². The van der Waals surface area contributed by atoms with E-state index in [0.717, 1.165) is 8.96 Å². The summed E-state index contributed by atoms with van der Waals surface area (Å²) in [5, 5.41) is 3.58. The molecule has 0 radical (unpaired) electrons. The van der Waals surface area contributed by atoms with Crippen LogP contribution in [0.25, 0.3) is 11.0 Å². The zero-order valence-corrected chi connectivity index (χ0v) is 10.5. The molecule has 0 saturated carbocycles. The molecule has 0 spiro atoms. The zero-order valence-electron chi connectivity index (χ0n) is 7.64. The number of rotatable bonds is 1. The van der Waals surface area contributed by atoms with Gasteiger partial charge in [0.15, 0.2) is 0 Å². The van der Waals surface area contributed by atoms with Crippen LogP contribution in [0.15, 0.2) is 6.20 Å². The third kappa shape index (κ3) is 2.05. The molecule has 7 heteroatoms. The Kier molecular flexibility index (Phi) is 2.79. The summed E-state index contributed by atoms with van der Waals surface area (Å²) >= 11 is 8.10. The smallest absolute Gasteiger partial charge is 0.232 e. The summed E-state index contributed by atoms with van der Waals surface area (Å²) in [6, 6.07) is 0. The molecule has 78 valence electrons. The van der Waals surface area contributed by atoms with Crippen LogP contribution in [0.3, 0.4) is 0 Å². The number of halogens is 2. The zero-order chi connectivity index (χ0) is 11.0. The molecule has 0 saturated heterocycles. The van der Waals surface area contributed by atoms with Gasteiger partial charge >= 0.3 is 0 Å². The Morgan fingerprint density at radius 1 is 1.60 bits per heavy atom. The maximum Gasteiger partial charge on any atom is 0.232 e. The maximum absolute atomic E-state index is 10.8. The molecule has 0 aromatic carbocycles. The molecule has 2 aromatic rings. The number of fused-ring (bicyclic) bond motifs is 1. The van der Waals surface area contributed by atoms with Crippen LogP contribution in [0.5, 0.6) is 0 Å². The van der Waals surface area contributed by atoms with Gasteiger partial charge in [0.25, 0.3) is 0 Å². The van der Waals surface area contributed by atoms with Gasteiger partial charge in [-0.25, -0.2) is 0 Å². The van der Waals surface area contributed by atoms with Crippen LogP contribution in [0.1, 0.15) is 6.92 Å². The van der Waals surface area contributed by atoms with Crippen molar-refractivity contribution in [2.45, 2.75) is 6.92 Å². The van der Waals surface area contributed by atoms with Crippen molar-refractivity contribution < 1.29 is 4.79 Å². The molecule has 5 nitrogen and oxygen atoms in total. The summed E-state index contributed by atoms with van der Waals surface area (Å²) in [4.78, 5) is 21.8. The van der Waals surface area contributed by atoms with E-state index in [2.05, 4.69) is 42.9 Å². The first-order valence-corrected chi connectivity index (χ1v) is 5.51. The van der Waals surface area contributed by atoms with Gasteiger partial charge in [-0.3, -0.25) is 10.1 Å². The fourth-order valence-corrected chi connectivity index (χ4v) is 2.26. The minimum Gasteiger partial charge on any atom is -0.345 e. The lowest BCUT2D eigenvalue weighted by Gasteiger charge is -2.01. The van der Waals surface area contributed by atoms with Crippen LogP contribution in [-0.4, -0.2) is 20.9 Å². The van der Waals surface area contributed by atoms with Crippen molar-refractivity contribution in [3.63, 3.8) is 0 Å². The highest BCUT2D eigenvalue weighted by Gasteiger charge is 2.10. The summed E-state index contributed by atoms with van der Waals surface area (Å²) in [6.45, 7) is 1.39.